The highest BCUT2D eigenvalue weighted by Gasteiger charge is 2.13. The van der Waals surface area contributed by atoms with Gasteiger partial charge in [-0.3, -0.25) is 4.79 Å². The smallest absolute Gasteiger partial charge is 0.320 e. The van der Waals surface area contributed by atoms with Crippen molar-refractivity contribution in [3.8, 4) is 0 Å². The highest BCUT2D eigenvalue weighted by molar-refractivity contribution is 5.73. The van der Waals surface area contributed by atoms with Crippen LogP contribution in [0.5, 0.6) is 0 Å². The second-order valence-electron chi connectivity index (χ2n) is 4.12. The van der Waals surface area contributed by atoms with Crippen LogP contribution in [0.3, 0.4) is 0 Å². The number of aliphatic carboxylic acids is 1. The maximum Gasteiger partial charge on any atom is 0.320 e. The molecule has 0 radical (unpaired) electrons. The fraction of sp³-hybridized carbons (Fsp3) is 0.308. The van der Waals surface area contributed by atoms with Gasteiger partial charge >= 0.3 is 5.97 Å². The van der Waals surface area contributed by atoms with Crippen LogP contribution in [0, 0.1) is 0 Å². The van der Waals surface area contributed by atoms with Crippen molar-refractivity contribution in [3.05, 3.63) is 41.0 Å². The Kier molecular flexibility index (Phi) is 3.06. The largest absolute Gasteiger partial charge is 0.480 e. The van der Waals surface area contributed by atoms with Crippen molar-refractivity contribution in [2.45, 2.75) is 25.3 Å². The topological polar surface area (TPSA) is 63.3 Å². The van der Waals surface area contributed by atoms with Crippen LogP contribution in [0.1, 0.15) is 23.1 Å². The highest BCUT2D eigenvalue weighted by atomic mass is 16.4. The minimum Gasteiger partial charge on any atom is -0.480 e. The summed E-state index contributed by atoms with van der Waals surface area (Å²) in [6.45, 7) is 0. The Morgan fingerprint density at radius 1 is 1.50 bits per heavy atom. The van der Waals surface area contributed by atoms with Gasteiger partial charge in [0.2, 0.25) is 0 Å². The molecule has 2 rings (SSSR count). The van der Waals surface area contributed by atoms with Crippen molar-refractivity contribution in [3.63, 3.8) is 0 Å². The van der Waals surface area contributed by atoms with E-state index >= 15 is 0 Å². The van der Waals surface area contributed by atoms with E-state index in [1.807, 2.05) is 12.1 Å². The van der Waals surface area contributed by atoms with Gasteiger partial charge in [0.25, 0.3) is 0 Å². The Bertz CT molecular complexity index is 438. The lowest BCUT2D eigenvalue weighted by Crippen LogP contribution is -2.32. The summed E-state index contributed by atoms with van der Waals surface area (Å²) in [5, 5.41) is 8.74. The lowest BCUT2D eigenvalue weighted by molar-refractivity contribution is -0.138. The van der Waals surface area contributed by atoms with E-state index < -0.39 is 12.0 Å². The predicted molar refractivity (Wildman–Crippen MR) is 63.1 cm³/mol. The zero-order valence-electron chi connectivity index (χ0n) is 9.02. The third kappa shape index (κ3) is 2.31. The van der Waals surface area contributed by atoms with E-state index in [9.17, 15) is 4.79 Å². The van der Waals surface area contributed by atoms with E-state index in [-0.39, 0.29) is 0 Å². The summed E-state index contributed by atoms with van der Waals surface area (Å²) >= 11 is 0. The summed E-state index contributed by atoms with van der Waals surface area (Å²) in [5.74, 6) is -0.951. The second-order valence-corrected chi connectivity index (χ2v) is 4.12. The quantitative estimate of drug-likeness (QED) is 0.808. The standard InChI is InChI=1S/C13H15NO2/c14-12(13(15)16)8-9-5-6-10-3-1-2-4-11(10)7-9/h2,4-7,12H,1,3,8,14H2,(H,15,16)/t12-/m0/s1. The van der Waals surface area contributed by atoms with Crippen LogP contribution in [0.4, 0.5) is 0 Å². The number of hydrogen-bond donors (Lipinski definition) is 2. The summed E-state index contributed by atoms with van der Waals surface area (Å²) < 4.78 is 0. The van der Waals surface area contributed by atoms with Crippen LogP contribution in [0.25, 0.3) is 6.08 Å². The number of aryl methyl sites for hydroxylation is 1. The highest BCUT2D eigenvalue weighted by Crippen LogP contribution is 2.20. The molecule has 1 aromatic carbocycles. The number of fused-ring (bicyclic) bond motifs is 1. The van der Waals surface area contributed by atoms with Crippen LogP contribution < -0.4 is 5.73 Å². The molecule has 0 spiro atoms. The van der Waals surface area contributed by atoms with Crippen LogP contribution in [0.15, 0.2) is 24.3 Å². The lowest BCUT2D eigenvalue weighted by atomic mass is 9.94. The number of nitrogens with two attached hydrogens (primary N) is 1. The molecule has 1 aliphatic carbocycles. The first-order valence-electron chi connectivity index (χ1n) is 5.43. The molecule has 1 aliphatic rings. The molecule has 0 saturated heterocycles. The van der Waals surface area contributed by atoms with Crippen molar-refractivity contribution in [1.29, 1.82) is 0 Å². The number of carbonyl (C=O) groups is 1. The molecule has 0 saturated carbocycles. The van der Waals surface area contributed by atoms with Gasteiger partial charge in [0.05, 0.1) is 0 Å². The summed E-state index contributed by atoms with van der Waals surface area (Å²) in [7, 11) is 0. The van der Waals surface area contributed by atoms with Gasteiger partial charge in [-0.15, -0.1) is 0 Å². The Morgan fingerprint density at radius 3 is 3.06 bits per heavy atom. The van der Waals surface area contributed by atoms with Gasteiger partial charge in [-0.1, -0.05) is 30.4 Å². The molecule has 0 heterocycles. The van der Waals surface area contributed by atoms with Crippen LogP contribution in [0.2, 0.25) is 0 Å². The van der Waals surface area contributed by atoms with Crippen LogP contribution in [-0.4, -0.2) is 17.1 Å². The molecule has 0 bridgehead atoms. The normalized spacial score (nSPS) is 15.6. The fourth-order valence-electron chi connectivity index (χ4n) is 1.94. The van der Waals surface area contributed by atoms with Gasteiger partial charge in [0.15, 0.2) is 0 Å². The van der Waals surface area contributed by atoms with Gasteiger partial charge in [-0.05, 0) is 36.0 Å². The summed E-state index contributed by atoms with van der Waals surface area (Å²) in [6.07, 6.45) is 6.77. The molecule has 84 valence electrons. The molecule has 3 N–H and O–H groups in total. The maximum atomic E-state index is 10.7. The molecule has 1 aromatic rings. The molecule has 0 amide bonds. The molecule has 0 aliphatic heterocycles. The molecular formula is C13H15NO2. The first-order chi connectivity index (χ1) is 7.66. The van der Waals surface area contributed by atoms with Gasteiger partial charge in [0, 0.05) is 0 Å². The number of hydrogen-bond acceptors (Lipinski definition) is 2. The number of benzene rings is 1. The molecule has 0 aromatic heterocycles. The number of rotatable bonds is 3. The number of carboxylic acids is 1. The number of allylic oxidation sites excluding steroid dienone is 1. The summed E-state index contributed by atoms with van der Waals surface area (Å²) in [5.41, 5.74) is 9.02. The zero-order valence-corrected chi connectivity index (χ0v) is 9.02. The average molecular weight is 217 g/mol. The van der Waals surface area contributed by atoms with E-state index in [0.717, 1.165) is 18.4 Å². The zero-order chi connectivity index (χ0) is 11.5. The van der Waals surface area contributed by atoms with Gasteiger partial charge < -0.3 is 10.8 Å². The van der Waals surface area contributed by atoms with Crippen LogP contribution >= 0.6 is 0 Å². The molecule has 16 heavy (non-hydrogen) atoms. The second kappa shape index (κ2) is 4.49. The Labute approximate surface area is 94.6 Å². The van der Waals surface area contributed by atoms with Crippen molar-refractivity contribution >= 4 is 12.0 Å². The predicted octanol–water partition coefficient (Wildman–Crippen LogP) is 1.60. The van der Waals surface area contributed by atoms with E-state index in [2.05, 4.69) is 18.2 Å². The SMILES string of the molecule is N[C@@H](Cc1ccc2c(c1)C=CCC2)C(=O)O. The van der Waals surface area contributed by atoms with Crippen molar-refractivity contribution < 1.29 is 9.90 Å². The third-order valence-corrected chi connectivity index (χ3v) is 2.86. The van der Waals surface area contributed by atoms with E-state index in [0.29, 0.717) is 6.42 Å². The van der Waals surface area contributed by atoms with E-state index in [4.69, 9.17) is 10.8 Å². The minimum atomic E-state index is -0.951. The molecule has 1 atom stereocenters. The van der Waals surface area contributed by atoms with E-state index in [1.165, 1.54) is 11.1 Å². The first-order valence-corrected chi connectivity index (χ1v) is 5.43. The Balaban J connectivity index is 2.18. The molecule has 3 heteroatoms. The van der Waals surface area contributed by atoms with Crippen molar-refractivity contribution in [1.82, 2.24) is 0 Å². The molecular weight excluding hydrogens is 202 g/mol. The average Bonchev–Trinajstić information content (AvgIpc) is 2.28. The molecule has 0 unspecified atom stereocenters. The third-order valence-electron chi connectivity index (χ3n) is 2.86. The minimum absolute atomic E-state index is 0.385. The number of carboxylic acid groups (broad SMARTS) is 1. The van der Waals surface area contributed by atoms with Gasteiger partial charge in [0.1, 0.15) is 6.04 Å². The van der Waals surface area contributed by atoms with Gasteiger partial charge in [-0.2, -0.15) is 0 Å². The fourth-order valence-corrected chi connectivity index (χ4v) is 1.94. The Hall–Kier alpha value is -1.61. The molecule has 0 fully saturated rings. The first kappa shape index (κ1) is 10.9. The van der Waals surface area contributed by atoms with Crippen LogP contribution in [-0.2, 0) is 17.6 Å². The monoisotopic (exact) mass is 217 g/mol. The van der Waals surface area contributed by atoms with Gasteiger partial charge in [-0.25, -0.2) is 0 Å². The summed E-state index contributed by atoms with van der Waals surface area (Å²) in [4.78, 5) is 10.7. The Morgan fingerprint density at radius 2 is 2.31 bits per heavy atom. The van der Waals surface area contributed by atoms with Crippen molar-refractivity contribution in [2.75, 3.05) is 0 Å². The summed E-state index contributed by atoms with van der Waals surface area (Å²) in [6, 6.07) is 5.27. The maximum absolute atomic E-state index is 10.7. The van der Waals surface area contributed by atoms with Crippen molar-refractivity contribution in [2.24, 2.45) is 5.73 Å². The molecule has 3 nitrogen and oxygen atoms in total. The van der Waals surface area contributed by atoms with E-state index in [1.54, 1.807) is 0 Å². The lowest BCUT2D eigenvalue weighted by Gasteiger charge is -2.13.